The SMILES string of the molecule is O=c1c(-c2nnn[nH]2)n[nH]c2ccccc12. The molecule has 2 N–H and O–H groups in total. The maximum Gasteiger partial charge on any atom is 0.219 e. The Hall–Kier alpha value is -2.57. The number of rotatable bonds is 1. The number of tetrazole rings is 1. The maximum atomic E-state index is 12.0. The van der Waals surface area contributed by atoms with Gasteiger partial charge in [0.1, 0.15) is 0 Å². The monoisotopic (exact) mass is 214 g/mol. The topological polar surface area (TPSA) is 100 Å². The molecule has 0 fully saturated rings. The van der Waals surface area contributed by atoms with Crippen molar-refractivity contribution < 1.29 is 0 Å². The molecule has 3 aromatic rings. The van der Waals surface area contributed by atoms with E-state index in [0.29, 0.717) is 10.9 Å². The van der Waals surface area contributed by atoms with Crippen LogP contribution in [0.1, 0.15) is 0 Å². The van der Waals surface area contributed by atoms with Gasteiger partial charge in [-0.2, -0.15) is 5.10 Å². The summed E-state index contributed by atoms with van der Waals surface area (Å²) in [4.78, 5) is 12.0. The van der Waals surface area contributed by atoms with E-state index >= 15 is 0 Å². The van der Waals surface area contributed by atoms with Crippen LogP contribution in [0.5, 0.6) is 0 Å². The number of aromatic amines is 2. The van der Waals surface area contributed by atoms with Crippen molar-refractivity contribution in [1.82, 2.24) is 30.8 Å². The summed E-state index contributed by atoms with van der Waals surface area (Å²) in [6.45, 7) is 0. The third-order valence-electron chi connectivity index (χ3n) is 2.24. The lowest BCUT2D eigenvalue weighted by Crippen LogP contribution is -2.10. The zero-order valence-corrected chi connectivity index (χ0v) is 8.01. The van der Waals surface area contributed by atoms with Gasteiger partial charge in [-0.3, -0.25) is 9.89 Å². The maximum absolute atomic E-state index is 12.0. The third kappa shape index (κ3) is 1.18. The highest BCUT2D eigenvalue weighted by Gasteiger charge is 2.11. The highest BCUT2D eigenvalue weighted by molar-refractivity contribution is 5.80. The predicted octanol–water partition coefficient (Wildman–Crippen LogP) is 0.103. The van der Waals surface area contributed by atoms with Crippen molar-refractivity contribution in [3.05, 3.63) is 34.5 Å². The Morgan fingerprint density at radius 3 is 2.81 bits per heavy atom. The molecule has 0 unspecified atom stereocenters. The fraction of sp³-hybridized carbons (Fsp3) is 0. The van der Waals surface area contributed by atoms with Gasteiger partial charge in [-0.15, -0.1) is 5.10 Å². The van der Waals surface area contributed by atoms with Crippen LogP contribution in [0.4, 0.5) is 0 Å². The van der Waals surface area contributed by atoms with Gasteiger partial charge in [0.15, 0.2) is 5.69 Å². The van der Waals surface area contributed by atoms with Gasteiger partial charge in [-0.05, 0) is 22.6 Å². The summed E-state index contributed by atoms with van der Waals surface area (Å²) in [5, 5.41) is 20.3. The van der Waals surface area contributed by atoms with Crippen LogP contribution in [0, 0.1) is 0 Å². The van der Waals surface area contributed by atoms with Gasteiger partial charge >= 0.3 is 0 Å². The lowest BCUT2D eigenvalue weighted by Gasteiger charge is -1.97. The van der Waals surface area contributed by atoms with Crippen LogP contribution in [0.3, 0.4) is 0 Å². The first-order chi connectivity index (χ1) is 7.86. The summed E-state index contributed by atoms with van der Waals surface area (Å²) in [5.74, 6) is 0.256. The number of benzene rings is 1. The molecular formula is C9H6N6O. The Kier molecular flexibility index (Phi) is 1.76. The molecule has 2 heterocycles. The average Bonchev–Trinajstić information content (AvgIpc) is 2.83. The largest absolute Gasteiger partial charge is 0.287 e. The van der Waals surface area contributed by atoms with Crippen molar-refractivity contribution in [2.45, 2.75) is 0 Å². The van der Waals surface area contributed by atoms with E-state index in [2.05, 4.69) is 30.8 Å². The van der Waals surface area contributed by atoms with Gasteiger partial charge < -0.3 is 0 Å². The molecule has 0 amide bonds. The molecule has 16 heavy (non-hydrogen) atoms. The van der Waals surface area contributed by atoms with Gasteiger partial charge in [0, 0.05) is 5.39 Å². The Labute approximate surface area is 88.5 Å². The minimum atomic E-state index is -0.201. The van der Waals surface area contributed by atoms with Crippen molar-refractivity contribution in [3.63, 3.8) is 0 Å². The van der Waals surface area contributed by atoms with Gasteiger partial charge in [0.2, 0.25) is 11.3 Å². The van der Waals surface area contributed by atoms with Crippen molar-refractivity contribution in [2.75, 3.05) is 0 Å². The van der Waals surface area contributed by atoms with Crippen LogP contribution < -0.4 is 5.43 Å². The normalized spacial score (nSPS) is 10.8. The summed E-state index contributed by atoms with van der Waals surface area (Å²) in [6.07, 6.45) is 0. The average molecular weight is 214 g/mol. The van der Waals surface area contributed by atoms with Gasteiger partial charge in [0.05, 0.1) is 5.52 Å². The van der Waals surface area contributed by atoms with Gasteiger partial charge in [0.25, 0.3) is 0 Å². The number of fused-ring (bicyclic) bond motifs is 1. The van der Waals surface area contributed by atoms with E-state index in [-0.39, 0.29) is 16.9 Å². The van der Waals surface area contributed by atoms with Crippen LogP contribution in [-0.4, -0.2) is 30.8 Å². The molecule has 0 saturated carbocycles. The highest BCUT2D eigenvalue weighted by atomic mass is 16.1. The van der Waals surface area contributed by atoms with Crippen LogP contribution in [0.25, 0.3) is 22.4 Å². The van der Waals surface area contributed by atoms with Crippen molar-refractivity contribution in [2.24, 2.45) is 0 Å². The first-order valence-corrected chi connectivity index (χ1v) is 4.58. The number of aromatic nitrogens is 6. The van der Waals surface area contributed by atoms with E-state index in [1.807, 2.05) is 6.07 Å². The zero-order chi connectivity index (χ0) is 11.0. The fourth-order valence-corrected chi connectivity index (χ4v) is 1.49. The van der Waals surface area contributed by atoms with Crippen molar-refractivity contribution >= 4 is 10.9 Å². The number of H-pyrrole nitrogens is 2. The smallest absolute Gasteiger partial charge is 0.219 e. The quantitative estimate of drug-likeness (QED) is 0.598. The van der Waals surface area contributed by atoms with Crippen LogP contribution >= 0.6 is 0 Å². The molecule has 1 aromatic carbocycles. The molecule has 2 aromatic heterocycles. The second-order valence-corrected chi connectivity index (χ2v) is 3.20. The molecule has 78 valence electrons. The standard InChI is InChI=1S/C9H6N6O/c16-8-5-3-1-2-4-6(5)10-11-7(8)9-12-14-15-13-9/h1-4H,(H,10,16)(H,12,13,14,15). The lowest BCUT2D eigenvalue weighted by molar-refractivity contribution is 0.881. The van der Waals surface area contributed by atoms with E-state index in [4.69, 9.17) is 0 Å². The fourth-order valence-electron chi connectivity index (χ4n) is 1.49. The molecule has 0 spiro atoms. The van der Waals surface area contributed by atoms with Crippen molar-refractivity contribution in [3.8, 4) is 11.5 Å². The molecule has 0 atom stereocenters. The highest BCUT2D eigenvalue weighted by Crippen LogP contribution is 2.09. The summed E-state index contributed by atoms with van der Waals surface area (Å²) in [7, 11) is 0. The Bertz CT molecular complexity index is 687. The number of nitrogens with one attached hydrogen (secondary N) is 2. The lowest BCUT2D eigenvalue weighted by atomic mass is 10.2. The third-order valence-corrected chi connectivity index (χ3v) is 2.24. The zero-order valence-electron chi connectivity index (χ0n) is 8.01. The summed E-state index contributed by atoms with van der Waals surface area (Å²) in [6, 6.07) is 7.13. The Balaban J connectivity index is 2.37. The van der Waals surface area contributed by atoms with E-state index in [0.717, 1.165) is 0 Å². The summed E-state index contributed by atoms with van der Waals surface area (Å²) in [5.41, 5.74) is 0.667. The first kappa shape index (κ1) is 8.72. The molecule has 0 bridgehead atoms. The Morgan fingerprint density at radius 1 is 1.12 bits per heavy atom. The van der Waals surface area contributed by atoms with Crippen LogP contribution in [0.15, 0.2) is 29.1 Å². The molecule has 0 aliphatic rings. The second-order valence-electron chi connectivity index (χ2n) is 3.20. The molecule has 0 aliphatic carbocycles. The molecule has 7 nitrogen and oxygen atoms in total. The summed E-state index contributed by atoms with van der Waals surface area (Å²) < 4.78 is 0. The molecule has 7 heteroatoms. The second kappa shape index (κ2) is 3.23. The summed E-state index contributed by atoms with van der Waals surface area (Å²) >= 11 is 0. The molecule has 0 saturated heterocycles. The van der Waals surface area contributed by atoms with E-state index < -0.39 is 0 Å². The van der Waals surface area contributed by atoms with Crippen molar-refractivity contribution in [1.29, 1.82) is 0 Å². The first-order valence-electron chi connectivity index (χ1n) is 4.58. The van der Waals surface area contributed by atoms with Gasteiger partial charge in [-0.25, -0.2) is 5.10 Å². The van der Waals surface area contributed by atoms with E-state index in [1.54, 1.807) is 18.2 Å². The molecule has 0 radical (unpaired) electrons. The Morgan fingerprint density at radius 2 is 2.00 bits per heavy atom. The predicted molar refractivity (Wildman–Crippen MR) is 55.5 cm³/mol. The number of hydrogen-bond donors (Lipinski definition) is 2. The van der Waals surface area contributed by atoms with Crippen LogP contribution in [-0.2, 0) is 0 Å². The van der Waals surface area contributed by atoms with Crippen LogP contribution in [0.2, 0.25) is 0 Å². The molecule has 0 aliphatic heterocycles. The minimum Gasteiger partial charge on any atom is -0.287 e. The number of hydrogen-bond acceptors (Lipinski definition) is 5. The van der Waals surface area contributed by atoms with E-state index in [9.17, 15) is 4.79 Å². The minimum absolute atomic E-state index is 0.184. The molecular weight excluding hydrogens is 208 g/mol. The number of para-hydroxylation sites is 1. The van der Waals surface area contributed by atoms with E-state index in [1.165, 1.54) is 0 Å². The molecule has 3 rings (SSSR count). The van der Waals surface area contributed by atoms with Gasteiger partial charge in [-0.1, -0.05) is 12.1 Å². The number of nitrogens with zero attached hydrogens (tertiary/aromatic N) is 4.